The highest BCUT2D eigenvalue weighted by atomic mass is 127. The van der Waals surface area contributed by atoms with E-state index in [1.807, 2.05) is 7.05 Å². The van der Waals surface area contributed by atoms with Crippen LogP contribution in [0.3, 0.4) is 0 Å². The SMILES string of the molecule is CCC(SNC)(C(C)SI)C(C)(C)C(N)C=O. The number of hydrogen-bond acceptors (Lipinski definition) is 5. The van der Waals surface area contributed by atoms with Crippen LogP contribution in [0.15, 0.2) is 0 Å². The topological polar surface area (TPSA) is 55.1 Å². The zero-order chi connectivity index (χ0) is 13.7. The third-order valence-electron chi connectivity index (χ3n) is 3.67. The van der Waals surface area contributed by atoms with E-state index in [-0.39, 0.29) is 10.2 Å². The summed E-state index contributed by atoms with van der Waals surface area (Å²) in [6.45, 7) is 8.53. The van der Waals surface area contributed by atoms with Crippen molar-refractivity contribution in [2.24, 2.45) is 11.1 Å². The summed E-state index contributed by atoms with van der Waals surface area (Å²) >= 11 is 4.02. The normalized spacial score (nSPS) is 19.5. The molecule has 0 rings (SSSR count). The van der Waals surface area contributed by atoms with Crippen molar-refractivity contribution >= 4 is 48.4 Å². The van der Waals surface area contributed by atoms with Gasteiger partial charge < -0.3 is 10.5 Å². The van der Waals surface area contributed by atoms with Crippen molar-refractivity contribution in [2.75, 3.05) is 7.05 Å². The summed E-state index contributed by atoms with van der Waals surface area (Å²) in [5, 5.41) is 0.395. The molecule has 3 nitrogen and oxygen atoms in total. The number of aldehydes is 1. The van der Waals surface area contributed by atoms with Crippen LogP contribution < -0.4 is 10.5 Å². The maximum Gasteiger partial charge on any atom is 0.137 e. The van der Waals surface area contributed by atoms with E-state index in [0.29, 0.717) is 5.25 Å². The van der Waals surface area contributed by atoms with Crippen LogP contribution in [0.5, 0.6) is 0 Å². The van der Waals surface area contributed by atoms with E-state index >= 15 is 0 Å². The van der Waals surface area contributed by atoms with Crippen LogP contribution in [0.25, 0.3) is 0 Å². The molecule has 0 heterocycles. The van der Waals surface area contributed by atoms with Crippen molar-refractivity contribution in [3.63, 3.8) is 0 Å². The van der Waals surface area contributed by atoms with Crippen molar-refractivity contribution in [1.82, 2.24) is 4.72 Å². The molecule has 0 aromatic carbocycles. The molecule has 0 aromatic heterocycles. The average molecular weight is 390 g/mol. The maximum absolute atomic E-state index is 11.1. The minimum absolute atomic E-state index is 0.0755. The summed E-state index contributed by atoms with van der Waals surface area (Å²) in [4.78, 5) is 11.1. The Morgan fingerprint density at radius 3 is 2.35 bits per heavy atom. The molecule has 0 radical (unpaired) electrons. The van der Waals surface area contributed by atoms with Gasteiger partial charge in [0.2, 0.25) is 0 Å². The van der Waals surface area contributed by atoms with Gasteiger partial charge in [-0.15, -0.1) is 0 Å². The van der Waals surface area contributed by atoms with Crippen LogP contribution in [0.4, 0.5) is 0 Å². The zero-order valence-electron chi connectivity index (χ0n) is 11.1. The Morgan fingerprint density at radius 2 is 2.06 bits per heavy atom. The predicted octanol–water partition coefficient (Wildman–Crippen LogP) is 3.03. The van der Waals surface area contributed by atoms with Gasteiger partial charge in [0, 0.05) is 15.4 Å². The fourth-order valence-corrected chi connectivity index (χ4v) is 6.06. The Labute approximate surface area is 126 Å². The summed E-state index contributed by atoms with van der Waals surface area (Å²) in [7, 11) is 3.71. The number of nitrogens with two attached hydrogens (primary N) is 1. The second-order valence-corrected chi connectivity index (χ2v) is 8.42. The van der Waals surface area contributed by atoms with E-state index in [1.54, 1.807) is 20.9 Å². The van der Waals surface area contributed by atoms with Crippen molar-refractivity contribution < 1.29 is 4.79 Å². The Morgan fingerprint density at radius 1 is 1.53 bits per heavy atom. The Bertz CT molecular complexity index is 254. The van der Waals surface area contributed by atoms with E-state index in [1.165, 1.54) is 0 Å². The molecule has 0 saturated heterocycles. The Kier molecular flexibility index (Phi) is 8.02. The molecule has 0 aromatic rings. The molecule has 0 aliphatic carbocycles. The lowest BCUT2D eigenvalue weighted by Crippen LogP contribution is -2.58. The lowest BCUT2D eigenvalue weighted by atomic mass is 9.70. The van der Waals surface area contributed by atoms with Crippen LogP contribution >= 0.6 is 42.1 Å². The van der Waals surface area contributed by atoms with Gasteiger partial charge in [0.05, 0.1) is 6.04 Å². The Balaban J connectivity index is 5.48. The van der Waals surface area contributed by atoms with Gasteiger partial charge in [-0.25, -0.2) is 0 Å². The third-order valence-corrected chi connectivity index (χ3v) is 8.51. The predicted molar refractivity (Wildman–Crippen MR) is 88.6 cm³/mol. The van der Waals surface area contributed by atoms with E-state index in [9.17, 15) is 4.79 Å². The molecule has 3 N–H and O–H groups in total. The maximum atomic E-state index is 11.1. The van der Waals surface area contributed by atoms with Gasteiger partial charge in [-0.1, -0.05) is 48.6 Å². The molecule has 0 aliphatic rings. The van der Waals surface area contributed by atoms with Crippen LogP contribution in [-0.2, 0) is 4.79 Å². The molecule has 3 unspecified atom stereocenters. The minimum Gasteiger partial charge on any atom is -0.321 e. The standard InChI is InChI=1S/C11H23IN2OS2/c1-6-11(17-14-5,8(2)16-12)10(3,4)9(13)7-15/h7-9,14H,6,13H2,1-5H3. The summed E-state index contributed by atoms with van der Waals surface area (Å²) < 4.78 is 3.11. The van der Waals surface area contributed by atoms with Crippen molar-refractivity contribution in [3.05, 3.63) is 0 Å². The average Bonchev–Trinajstić information content (AvgIpc) is 2.33. The molecule has 17 heavy (non-hydrogen) atoms. The molecule has 0 bridgehead atoms. The molecule has 3 atom stereocenters. The number of nitrogens with one attached hydrogen (secondary N) is 1. The molecule has 0 saturated carbocycles. The van der Waals surface area contributed by atoms with Crippen LogP contribution in [0.2, 0.25) is 0 Å². The summed E-state index contributed by atoms with van der Waals surface area (Å²) in [6.07, 6.45) is 1.83. The first-order valence-corrected chi connectivity index (χ1v) is 9.90. The van der Waals surface area contributed by atoms with Gasteiger partial charge in [-0.05, 0) is 34.7 Å². The lowest BCUT2D eigenvalue weighted by Gasteiger charge is -2.50. The first kappa shape index (κ1) is 18.0. The molecule has 0 spiro atoms. The molecule has 0 fully saturated rings. The van der Waals surface area contributed by atoms with E-state index in [0.717, 1.165) is 12.7 Å². The summed E-state index contributed by atoms with van der Waals surface area (Å²) in [5.74, 6) is 0. The smallest absolute Gasteiger partial charge is 0.137 e. The summed E-state index contributed by atoms with van der Waals surface area (Å²) in [5.41, 5.74) is 5.75. The monoisotopic (exact) mass is 390 g/mol. The highest BCUT2D eigenvalue weighted by Crippen LogP contribution is 2.51. The second-order valence-electron chi connectivity index (χ2n) is 4.66. The number of carbonyl (C=O) groups is 1. The molecule has 6 heteroatoms. The van der Waals surface area contributed by atoms with Crippen LogP contribution in [0.1, 0.15) is 34.1 Å². The van der Waals surface area contributed by atoms with Crippen molar-refractivity contribution in [3.8, 4) is 0 Å². The van der Waals surface area contributed by atoms with Crippen LogP contribution in [0, 0.1) is 5.41 Å². The number of carbonyl (C=O) groups excluding carboxylic acids is 1. The van der Waals surface area contributed by atoms with Gasteiger partial charge in [-0.3, -0.25) is 4.72 Å². The first-order valence-electron chi connectivity index (χ1n) is 5.67. The van der Waals surface area contributed by atoms with Gasteiger partial charge >= 0.3 is 0 Å². The minimum atomic E-state index is -0.450. The van der Waals surface area contributed by atoms with Gasteiger partial charge in [0.15, 0.2) is 0 Å². The fourth-order valence-electron chi connectivity index (χ4n) is 2.26. The lowest BCUT2D eigenvalue weighted by molar-refractivity contribution is -0.111. The molecule has 102 valence electrons. The second kappa shape index (κ2) is 7.57. The Hall–Kier alpha value is 1.02. The van der Waals surface area contributed by atoms with Gasteiger partial charge in [0.25, 0.3) is 0 Å². The number of rotatable bonds is 8. The van der Waals surface area contributed by atoms with Gasteiger partial charge in [0.1, 0.15) is 6.29 Å². The quantitative estimate of drug-likeness (QED) is 0.379. The zero-order valence-corrected chi connectivity index (χ0v) is 14.9. The molecule has 0 amide bonds. The molecular formula is C11H23IN2OS2. The van der Waals surface area contributed by atoms with E-state index in [2.05, 4.69) is 53.6 Å². The third kappa shape index (κ3) is 3.52. The van der Waals surface area contributed by atoms with E-state index < -0.39 is 6.04 Å². The van der Waals surface area contributed by atoms with Gasteiger partial charge in [-0.2, -0.15) is 0 Å². The van der Waals surface area contributed by atoms with E-state index in [4.69, 9.17) is 5.73 Å². The van der Waals surface area contributed by atoms with Crippen molar-refractivity contribution in [1.29, 1.82) is 0 Å². The van der Waals surface area contributed by atoms with Crippen LogP contribution in [-0.4, -0.2) is 29.4 Å². The fraction of sp³-hybridized carbons (Fsp3) is 0.909. The summed E-state index contributed by atoms with van der Waals surface area (Å²) in [6, 6.07) is -0.450. The highest BCUT2D eigenvalue weighted by Gasteiger charge is 2.51. The first-order chi connectivity index (χ1) is 7.83. The molecular weight excluding hydrogens is 367 g/mol. The number of hydrogen-bond donors (Lipinski definition) is 2. The van der Waals surface area contributed by atoms with Crippen molar-refractivity contribution in [2.45, 2.75) is 50.2 Å². The highest BCUT2D eigenvalue weighted by molar-refractivity contribution is 14.2. The largest absolute Gasteiger partial charge is 0.321 e. The molecule has 0 aliphatic heterocycles. The number of halogens is 1.